The van der Waals surface area contributed by atoms with Gasteiger partial charge in [0.15, 0.2) is 0 Å². The number of nitrogens with one attached hydrogen (secondary N) is 1. The molecule has 0 amide bonds. The predicted molar refractivity (Wildman–Crippen MR) is 84.9 cm³/mol. The summed E-state index contributed by atoms with van der Waals surface area (Å²) in [5.41, 5.74) is 2.62. The van der Waals surface area contributed by atoms with Crippen molar-refractivity contribution in [2.24, 2.45) is 11.8 Å². The Hall–Kier alpha value is -0.860. The van der Waals surface area contributed by atoms with E-state index in [1.165, 1.54) is 30.4 Å². The third-order valence-electron chi connectivity index (χ3n) is 4.46. The molecule has 1 aliphatic rings. The second-order valence-electron chi connectivity index (χ2n) is 6.62. The van der Waals surface area contributed by atoms with Crippen molar-refractivity contribution in [3.05, 3.63) is 35.4 Å². The lowest BCUT2D eigenvalue weighted by Gasteiger charge is -2.32. The molecule has 3 atom stereocenters. The van der Waals surface area contributed by atoms with Crippen molar-refractivity contribution in [1.29, 1.82) is 0 Å². The van der Waals surface area contributed by atoms with Crippen LogP contribution < -0.4 is 5.32 Å². The van der Waals surface area contributed by atoms with Crippen LogP contribution in [0.2, 0.25) is 0 Å². The molecule has 0 spiro atoms. The maximum absolute atomic E-state index is 6.20. The minimum atomic E-state index is 0.295. The molecular weight excluding hydrogens is 246 g/mol. The molecule has 1 N–H and O–H groups in total. The Morgan fingerprint density at radius 3 is 2.25 bits per heavy atom. The fourth-order valence-electron chi connectivity index (χ4n) is 3.39. The normalized spacial score (nSPS) is 28.3. The molecule has 1 aromatic rings. The van der Waals surface area contributed by atoms with Gasteiger partial charge in [-0.15, -0.1) is 0 Å². The lowest BCUT2D eigenvalue weighted by Crippen LogP contribution is -2.30. The van der Waals surface area contributed by atoms with Crippen LogP contribution in [0.3, 0.4) is 0 Å². The minimum Gasteiger partial charge on any atom is -0.376 e. The first kappa shape index (κ1) is 15.5. The topological polar surface area (TPSA) is 21.3 Å². The molecule has 0 saturated heterocycles. The second kappa shape index (κ2) is 7.24. The van der Waals surface area contributed by atoms with Gasteiger partial charge in [0.1, 0.15) is 0 Å². The van der Waals surface area contributed by atoms with Crippen LogP contribution in [0, 0.1) is 18.8 Å². The number of ether oxygens (including phenoxy) is 1. The number of benzene rings is 1. The highest BCUT2D eigenvalue weighted by Crippen LogP contribution is 2.30. The summed E-state index contributed by atoms with van der Waals surface area (Å²) in [6, 6.07) is 9.04. The zero-order chi connectivity index (χ0) is 14.5. The van der Waals surface area contributed by atoms with E-state index < -0.39 is 0 Å². The van der Waals surface area contributed by atoms with Crippen molar-refractivity contribution in [1.82, 2.24) is 5.32 Å². The molecule has 0 aliphatic heterocycles. The van der Waals surface area contributed by atoms with E-state index >= 15 is 0 Å². The highest BCUT2D eigenvalue weighted by molar-refractivity contribution is 5.24. The van der Waals surface area contributed by atoms with E-state index in [0.29, 0.717) is 12.1 Å². The lowest BCUT2D eigenvalue weighted by molar-refractivity contribution is -0.00846. The van der Waals surface area contributed by atoms with Crippen molar-refractivity contribution >= 4 is 0 Å². The van der Waals surface area contributed by atoms with E-state index in [9.17, 15) is 0 Å². The van der Waals surface area contributed by atoms with Gasteiger partial charge < -0.3 is 10.1 Å². The van der Waals surface area contributed by atoms with Crippen LogP contribution in [-0.4, -0.2) is 19.8 Å². The fourth-order valence-corrected chi connectivity index (χ4v) is 3.39. The summed E-state index contributed by atoms with van der Waals surface area (Å²) in [6.07, 6.45) is 4.23. The lowest BCUT2D eigenvalue weighted by atomic mass is 9.82. The van der Waals surface area contributed by atoms with Gasteiger partial charge in [-0.25, -0.2) is 0 Å². The van der Waals surface area contributed by atoms with Gasteiger partial charge in [-0.3, -0.25) is 0 Å². The highest BCUT2D eigenvalue weighted by atomic mass is 16.5. The van der Waals surface area contributed by atoms with Crippen LogP contribution in [0.15, 0.2) is 24.3 Å². The number of aryl methyl sites for hydroxylation is 1. The van der Waals surface area contributed by atoms with E-state index in [-0.39, 0.29) is 0 Å². The maximum atomic E-state index is 6.20. The molecule has 3 unspecified atom stereocenters. The maximum Gasteiger partial charge on any atom is 0.0665 e. The van der Waals surface area contributed by atoms with Gasteiger partial charge in [0.2, 0.25) is 0 Å². The summed E-state index contributed by atoms with van der Waals surface area (Å²) >= 11 is 0. The summed E-state index contributed by atoms with van der Waals surface area (Å²) < 4.78 is 6.20. The van der Waals surface area contributed by atoms with Gasteiger partial charge in [-0.1, -0.05) is 43.7 Å². The molecule has 1 saturated carbocycles. The fraction of sp³-hybridized carbons (Fsp3) is 0.667. The summed E-state index contributed by atoms with van der Waals surface area (Å²) in [6.45, 7) is 7.59. The van der Waals surface area contributed by atoms with E-state index in [4.69, 9.17) is 4.74 Å². The van der Waals surface area contributed by atoms with Crippen molar-refractivity contribution in [3.63, 3.8) is 0 Å². The summed E-state index contributed by atoms with van der Waals surface area (Å²) in [5.74, 6) is 1.60. The van der Waals surface area contributed by atoms with Gasteiger partial charge in [-0.05, 0) is 50.6 Å². The van der Waals surface area contributed by atoms with Crippen LogP contribution in [0.4, 0.5) is 0 Å². The van der Waals surface area contributed by atoms with E-state index in [0.717, 1.165) is 18.4 Å². The Morgan fingerprint density at radius 1 is 1.10 bits per heavy atom. The highest BCUT2D eigenvalue weighted by Gasteiger charge is 2.25. The number of rotatable bonds is 5. The van der Waals surface area contributed by atoms with Gasteiger partial charge in [0.25, 0.3) is 0 Å². The molecule has 2 nitrogen and oxygen atoms in total. The number of likely N-dealkylation sites (N-methyl/N-ethyl adjacent to an activating group) is 1. The summed E-state index contributed by atoms with van der Waals surface area (Å²) in [7, 11) is 2.01. The molecule has 0 bridgehead atoms. The smallest absolute Gasteiger partial charge is 0.0665 e. The quantitative estimate of drug-likeness (QED) is 0.873. The molecule has 112 valence electrons. The van der Waals surface area contributed by atoms with Gasteiger partial charge >= 0.3 is 0 Å². The van der Waals surface area contributed by atoms with E-state index in [1.54, 1.807) is 0 Å². The third-order valence-corrected chi connectivity index (χ3v) is 4.46. The Bertz CT molecular complexity index is 390. The van der Waals surface area contributed by atoms with Crippen LogP contribution in [0.25, 0.3) is 0 Å². The van der Waals surface area contributed by atoms with Gasteiger partial charge in [0.05, 0.1) is 18.8 Å². The van der Waals surface area contributed by atoms with E-state index in [2.05, 4.69) is 50.4 Å². The zero-order valence-electron chi connectivity index (χ0n) is 13.4. The molecule has 0 radical (unpaired) electrons. The first-order chi connectivity index (χ1) is 9.58. The second-order valence-corrected chi connectivity index (χ2v) is 6.62. The molecule has 2 heteroatoms. The number of hydrogen-bond donors (Lipinski definition) is 1. The molecule has 0 aromatic heterocycles. The first-order valence-corrected chi connectivity index (χ1v) is 7.94. The largest absolute Gasteiger partial charge is 0.376 e. The minimum absolute atomic E-state index is 0.295. The Labute approximate surface area is 123 Å². The Kier molecular flexibility index (Phi) is 5.62. The number of hydrogen-bond acceptors (Lipinski definition) is 2. The molecule has 1 aliphatic carbocycles. The van der Waals surface area contributed by atoms with Gasteiger partial charge in [0, 0.05) is 0 Å². The standard InChI is InChI=1S/C18H29NO/c1-13-5-7-16(8-6-13)18(19-4)12-20-17-10-14(2)9-15(3)11-17/h5-8,14-15,17-19H,9-12H2,1-4H3. The third kappa shape index (κ3) is 4.32. The average molecular weight is 275 g/mol. The Balaban J connectivity index is 1.89. The van der Waals surface area contributed by atoms with Crippen LogP contribution in [-0.2, 0) is 4.74 Å². The van der Waals surface area contributed by atoms with Crippen molar-refractivity contribution in [2.45, 2.75) is 52.2 Å². The molecule has 1 fully saturated rings. The van der Waals surface area contributed by atoms with E-state index in [1.807, 2.05) is 7.05 Å². The summed E-state index contributed by atoms with van der Waals surface area (Å²) in [5, 5.41) is 3.37. The van der Waals surface area contributed by atoms with Crippen molar-refractivity contribution < 1.29 is 4.74 Å². The molecule has 2 rings (SSSR count). The van der Waals surface area contributed by atoms with Crippen LogP contribution >= 0.6 is 0 Å². The Morgan fingerprint density at radius 2 is 1.70 bits per heavy atom. The van der Waals surface area contributed by atoms with Crippen LogP contribution in [0.1, 0.15) is 50.3 Å². The van der Waals surface area contributed by atoms with Crippen LogP contribution in [0.5, 0.6) is 0 Å². The molecular formula is C18H29NO. The van der Waals surface area contributed by atoms with Crippen molar-refractivity contribution in [2.75, 3.05) is 13.7 Å². The first-order valence-electron chi connectivity index (χ1n) is 7.94. The monoisotopic (exact) mass is 275 g/mol. The average Bonchev–Trinajstić information content (AvgIpc) is 2.40. The summed E-state index contributed by atoms with van der Waals surface area (Å²) in [4.78, 5) is 0. The zero-order valence-corrected chi connectivity index (χ0v) is 13.4. The SMILES string of the molecule is CNC(COC1CC(C)CC(C)C1)c1ccc(C)cc1. The molecule has 1 aromatic carbocycles. The molecule has 20 heavy (non-hydrogen) atoms. The van der Waals surface area contributed by atoms with Gasteiger partial charge in [-0.2, -0.15) is 0 Å². The predicted octanol–water partition coefficient (Wildman–Crippen LogP) is 4.10. The van der Waals surface area contributed by atoms with Crippen molar-refractivity contribution in [3.8, 4) is 0 Å². The molecule has 0 heterocycles.